The van der Waals surface area contributed by atoms with Crippen LogP contribution in [0.25, 0.3) is 0 Å². The van der Waals surface area contributed by atoms with Crippen LogP contribution < -0.4 is 5.32 Å². The minimum Gasteiger partial charge on any atom is -0.318 e. The van der Waals surface area contributed by atoms with Crippen LogP contribution in [-0.2, 0) is 11.3 Å². The van der Waals surface area contributed by atoms with Crippen molar-refractivity contribution in [3.8, 4) is 0 Å². The molecule has 1 aromatic carbocycles. The van der Waals surface area contributed by atoms with Crippen LogP contribution in [0, 0.1) is 6.92 Å². The Morgan fingerprint density at radius 1 is 1.20 bits per heavy atom. The molecule has 0 heterocycles. The van der Waals surface area contributed by atoms with Gasteiger partial charge >= 0.3 is 0 Å². The summed E-state index contributed by atoms with van der Waals surface area (Å²) in [4.78, 5) is 12.7. The first-order valence-corrected chi connectivity index (χ1v) is 7.62. The van der Waals surface area contributed by atoms with Crippen molar-refractivity contribution in [2.75, 3.05) is 26.7 Å². The predicted octanol–water partition coefficient (Wildman–Crippen LogP) is 3.27. The number of aldehydes is 1. The number of carbonyl (C=O) groups is 1. The van der Waals surface area contributed by atoms with Crippen LogP contribution in [-0.4, -0.2) is 37.9 Å². The Bertz CT molecular complexity index is 327. The smallest absolute Gasteiger partial charge is 0.133 e. The maximum absolute atomic E-state index is 10.6. The van der Waals surface area contributed by atoms with Gasteiger partial charge in [-0.25, -0.2) is 0 Å². The second kappa shape index (κ2) is 15.9. The zero-order chi connectivity index (χ0) is 15.8. The first kappa shape index (κ1) is 21.1. The molecule has 0 aliphatic heterocycles. The first-order chi connectivity index (χ1) is 9.76. The van der Waals surface area contributed by atoms with E-state index in [1.54, 1.807) is 0 Å². The highest BCUT2D eigenvalue weighted by molar-refractivity contribution is 5.52. The van der Waals surface area contributed by atoms with E-state index in [1.807, 2.05) is 34.7 Å². The van der Waals surface area contributed by atoms with Gasteiger partial charge in [0, 0.05) is 19.6 Å². The molecule has 0 aromatic heterocycles. The minimum atomic E-state index is 0.496. The zero-order valence-electron chi connectivity index (χ0n) is 14.1. The van der Waals surface area contributed by atoms with Crippen LogP contribution in [0.1, 0.15) is 38.8 Å². The lowest BCUT2D eigenvalue weighted by Gasteiger charge is -2.19. The van der Waals surface area contributed by atoms with Crippen LogP contribution in [0.5, 0.6) is 0 Å². The third kappa shape index (κ3) is 10.7. The lowest BCUT2D eigenvalue weighted by molar-refractivity contribution is -0.108. The minimum absolute atomic E-state index is 0.496. The number of benzene rings is 1. The fourth-order valence-corrected chi connectivity index (χ4v) is 1.68. The summed E-state index contributed by atoms with van der Waals surface area (Å²) in [6.07, 6.45) is 0.964. The lowest BCUT2D eigenvalue weighted by Crippen LogP contribution is -2.31. The molecule has 0 saturated heterocycles. The third-order valence-electron chi connectivity index (χ3n) is 2.50. The van der Waals surface area contributed by atoms with Gasteiger partial charge in [0.1, 0.15) is 6.29 Å². The molecule has 3 heteroatoms. The van der Waals surface area contributed by atoms with Gasteiger partial charge in [-0.1, -0.05) is 57.5 Å². The van der Waals surface area contributed by atoms with Crippen molar-refractivity contribution >= 4 is 6.29 Å². The fraction of sp³-hybridized carbons (Fsp3) is 0.588. The van der Waals surface area contributed by atoms with Gasteiger partial charge in [-0.15, -0.1) is 0 Å². The largest absolute Gasteiger partial charge is 0.318 e. The van der Waals surface area contributed by atoms with E-state index in [2.05, 4.69) is 41.4 Å². The maximum Gasteiger partial charge on any atom is 0.133 e. The molecule has 0 spiro atoms. The van der Waals surface area contributed by atoms with Gasteiger partial charge in [0.15, 0.2) is 0 Å². The standard InChI is InChI=1S/C13H20N2O.2C2H6/c1-12-4-3-5-13(10-12)11-15(8-9-16)7-6-14-2;2*1-2/h3-5,9-10,14H,6-8,11H2,1-2H3;2*1-2H3. The summed E-state index contributed by atoms with van der Waals surface area (Å²) in [6, 6.07) is 8.41. The number of rotatable bonds is 7. The molecule has 116 valence electrons. The molecule has 20 heavy (non-hydrogen) atoms. The van der Waals surface area contributed by atoms with Crippen LogP contribution in [0.3, 0.4) is 0 Å². The van der Waals surface area contributed by atoms with Crippen LogP contribution in [0.15, 0.2) is 24.3 Å². The third-order valence-corrected chi connectivity index (χ3v) is 2.50. The Hall–Kier alpha value is -1.19. The molecule has 0 radical (unpaired) electrons. The van der Waals surface area contributed by atoms with Gasteiger partial charge in [0.25, 0.3) is 0 Å². The molecule has 0 unspecified atom stereocenters. The summed E-state index contributed by atoms with van der Waals surface area (Å²) in [5.41, 5.74) is 2.52. The van der Waals surface area contributed by atoms with E-state index in [0.717, 1.165) is 25.9 Å². The Kier molecular flexibility index (Phi) is 16.8. The zero-order valence-corrected chi connectivity index (χ0v) is 14.1. The maximum atomic E-state index is 10.6. The Labute approximate surface area is 125 Å². The van der Waals surface area contributed by atoms with Gasteiger partial charge in [-0.2, -0.15) is 0 Å². The summed E-state index contributed by atoms with van der Waals surface area (Å²) in [6.45, 7) is 13.2. The van der Waals surface area contributed by atoms with E-state index in [0.29, 0.717) is 6.54 Å². The van der Waals surface area contributed by atoms with Crippen LogP contribution >= 0.6 is 0 Å². The van der Waals surface area contributed by atoms with Crippen molar-refractivity contribution in [2.45, 2.75) is 41.2 Å². The summed E-state index contributed by atoms with van der Waals surface area (Å²) in [5, 5.41) is 3.10. The average molecular weight is 280 g/mol. The summed E-state index contributed by atoms with van der Waals surface area (Å²) >= 11 is 0. The summed E-state index contributed by atoms with van der Waals surface area (Å²) in [5.74, 6) is 0. The van der Waals surface area contributed by atoms with E-state index in [9.17, 15) is 4.79 Å². The average Bonchev–Trinajstić information content (AvgIpc) is 2.49. The number of nitrogens with zero attached hydrogens (tertiary/aromatic N) is 1. The first-order valence-electron chi connectivity index (χ1n) is 7.62. The van der Waals surface area contributed by atoms with E-state index >= 15 is 0 Å². The van der Waals surface area contributed by atoms with Crippen molar-refractivity contribution in [3.63, 3.8) is 0 Å². The van der Waals surface area contributed by atoms with Crippen molar-refractivity contribution in [2.24, 2.45) is 0 Å². The molecule has 3 nitrogen and oxygen atoms in total. The topological polar surface area (TPSA) is 32.3 Å². The van der Waals surface area contributed by atoms with Crippen molar-refractivity contribution in [3.05, 3.63) is 35.4 Å². The van der Waals surface area contributed by atoms with E-state index in [-0.39, 0.29) is 0 Å². The van der Waals surface area contributed by atoms with Crippen LogP contribution in [0.2, 0.25) is 0 Å². The van der Waals surface area contributed by atoms with Crippen molar-refractivity contribution in [1.82, 2.24) is 10.2 Å². The fourth-order valence-electron chi connectivity index (χ4n) is 1.68. The summed E-state index contributed by atoms with van der Waals surface area (Å²) in [7, 11) is 1.92. The monoisotopic (exact) mass is 280 g/mol. The summed E-state index contributed by atoms with van der Waals surface area (Å²) < 4.78 is 0. The molecule has 0 aliphatic carbocycles. The second-order valence-corrected chi connectivity index (χ2v) is 3.99. The SMILES string of the molecule is CC.CC.CNCCN(CC=O)Cc1cccc(C)c1. The molecule has 0 atom stereocenters. The highest BCUT2D eigenvalue weighted by Gasteiger charge is 2.04. The molecule has 1 N–H and O–H groups in total. The second-order valence-electron chi connectivity index (χ2n) is 3.99. The highest BCUT2D eigenvalue weighted by Crippen LogP contribution is 2.06. The molecular formula is C17H32N2O. The Morgan fingerprint density at radius 2 is 1.85 bits per heavy atom. The van der Waals surface area contributed by atoms with Crippen LogP contribution in [0.4, 0.5) is 0 Å². The normalized spacial score (nSPS) is 9.15. The molecular weight excluding hydrogens is 248 g/mol. The quantitative estimate of drug-likeness (QED) is 0.778. The number of carbonyl (C=O) groups excluding carboxylic acids is 1. The molecule has 0 fully saturated rings. The van der Waals surface area contributed by atoms with E-state index in [4.69, 9.17) is 0 Å². The number of likely N-dealkylation sites (N-methyl/N-ethyl adjacent to an activating group) is 1. The van der Waals surface area contributed by atoms with Gasteiger partial charge in [0.2, 0.25) is 0 Å². The van der Waals surface area contributed by atoms with Gasteiger partial charge in [-0.3, -0.25) is 4.90 Å². The van der Waals surface area contributed by atoms with Crippen molar-refractivity contribution in [1.29, 1.82) is 0 Å². The number of hydrogen-bond donors (Lipinski definition) is 1. The van der Waals surface area contributed by atoms with E-state index < -0.39 is 0 Å². The molecule has 1 rings (SSSR count). The lowest BCUT2D eigenvalue weighted by atomic mass is 10.1. The molecule has 1 aromatic rings. The number of nitrogens with one attached hydrogen (secondary N) is 1. The molecule has 0 saturated carbocycles. The molecule has 0 bridgehead atoms. The Balaban J connectivity index is 0. The van der Waals surface area contributed by atoms with Gasteiger partial charge in [-0.05, 0) is 19.5 Å². The predicted molar refractivity (Wildman–Crippen MR) is 89.1 cm³/mol. The highest BCUT2D eigenvalue weighted by atomic mass is 16.1. The number of aryl methyl sites for hydroxylation is 1. The Morgan fingerprint density at radius 3 is 2.35 bits per heavy atom. The molecule has 0 amide bonds. The molecule has 0 aliphatic rings. The van der Waals surface area contributed by atoms with E-state index in [1.165, 1.54) is 11.1 Å². The number of hydrogen-bond acceptors (Lipinski definition) is 3. The van der Waals surface area contributed by atoms with Gasteiger partial charge < -0.3 is 10.1 Å². The van der Waals surface area contributed by atoms with Gasteiger partial charge in [0.05, 0.1) is 6.54 Å². The van der Waals surface area contributed by atoms with Crippen molar-refractivity contribution < 1.29 is 4.79 Å².